The molecule has 0 spiro atoms. The molecule has 2 heterocycles. The van der Waals surface area contributed by atoms with E-state index in [0.29, 0.717) is 17.9 Å². The van der Waals surface area contributed by atoms with Gasteiger partial charge < -0.3 is 14.5 Å². The van der Waals surface area contributed by atoms with Gasteiger partial charge in [0, 0.05) is 25.0 Å². The van der Waals surface area contributed by atoms with Crippen LogP contribution in [0, 0.1) is 5.82 Å². The predicted octanol–water partition coefficient (Wildman–Crippen LogP) is 4.05. The molecule has 1 aromatic heterocycles. The quantitative estimate of drug-likeness (QED) is 0.795. The lowest BCUT2D eigenvalue weighted by Crippen LogP contribution is -2.39. The van der Waals surface area contributed by atoms with Gasteiger partial charge >= 0.3 is 0 Å². The van der Waals surface area contributed by atoms with Crippen LogP contribution in [0.15, 0.2) is 40.8 Å². The van der Waals surface area contributed by atoms with Gasteiger partial charge in [-0.15, -0.1) is 0 Å². The third-order valence-corrected chi connectivity index (χ3v) is 6.45. The van der Waals surface area contributed by atoms with Gasteiger partial charge in [0.05, 0.1) is 19.3 Å². The third-order valence-electron chi connectivity index (χ3n) is 6.45. The summed E-state index contributed by atoms with van der Waals surface area (Å²) >= 11 is 0. The molecule has 1 saturated carbocycles. The van der Waals surface area contributed by atoms with Crippen molar-refractivity contribution in [2.24, 2.45) is 0 Å². The van der Waals surface area contributed by atoms with Crippen LogP contribution in [0.4, 0.5) is 4.39 Å². The predicted molar refractivity (Wildman–Crippen MR) is 108 cm³/mol. The molecule has 6 heteroatoms. The molecule has 4 rings (SSSR count). The molecule has 1 amide bonds. The van der Waals surface area contributed by atoms with Gasteiger partial charge in [-0.25, -0.2) is 4.39 Å². The van der Waals surface area contributed by atoms with Gasteiger partial charge in [0.1, 0.15) is 11.6 Å². The van der Waals surface area contributed by atoms with Crippen LogP contribution in [0.5, 0.6) is 0 Å². The maximum absolute atomic E-state index is 14.5. The van der Waals surface area contributed by atoms with Gasteiger partial charge in [-0.2, -0.15) is 0 Å². The number of furan rings is 1. The minimum absolute atomic E-state index is 0.0973. The Kier molecular flexibility index (Phi) is 6.01. The first kappa shape index (κ1) is 20.1. The van der Waals surface area contributed by atoms with Gasteiger partial charge in [-0.1, -0.05) is 31.0 Å². The van der Waals surface area contributed by atoms with Crippen molar-refractivity contribution < 1.29 is 18.3 Å². The van der Waals surface area contributed by atoms with Crippen molar-refractivity contribution in [2.45, 2.75) is 44.1 Å². The number of carbonyl (C=O) groups is 1. The monoisotopic (exact) mass is 400 g/mol. The number of benzene rings is 1. The lowest BCUT2D eigenvalue weighted by Gasteiger charge is -2.31. The molecule has 0 unspecified atom stereocenters. The maximum Gasteiger partial charge on any atom is 0.287 e. The summed E-state index contributed by atoms with van der Waals surface area (Å²) in [6.07, 6.45) is 3.86. The van der Waals surface area contributed by atoms with E-state index in [0.717, 1.165) is 57.7 Å². The van der Waals surface area contributed by atoms with Crippen molar-refractivity contribution in [3.63, 3.8) is 0 Å². The van der Waals surface area contributed by atoms with E-state index in [4.69, 9.17) is 9.15 Å². The Bertz CT molecular complexity index is 838. The van der Waals surface area contributed by atoms with E-state index in [1.165, 1.54) is 6.07 Å². The largest absolute Gasteiger partial charge is 0.454 e. The molecule has 0 radical (unpaired) electrons. The number of nitrogens with one attached hydrogen (secondary N) is 1. The van der Waals surface area contributed by atoms with Gasteiger partial charge in [0.25, 0.3) is 5.91 Å². The first-order chi connectivity index (χ1) is 14.1. The molecule has 156 valence electrons. The van der Waals surface area contributed by atoms with Gasteiger partial charge in [0.15, 0.2) is 5.76 Å². The molecular formula is C23H29FN2O3. The summed E-state index contributed by atoms with van der Waals surface area (Å²) in [5.41, 5.74) is 0.371. The molecule has 1 N–H and O–H groups in total. The van der Waals surface area contributed by atoms with Crippen LogP contribution in [0.3, 0.4) is 0 Å². The zero-order valence-electron chi connectivity index (χ0n) is 17.0. The lowest BCUT2D eigenvalue weighted by molar-refractivity contribution is 0.0155. The fraction of sp³-hybridized carbons (Fsp3) is 0.522. The van der Waals surface area contributed by atoms with E-state index in [9.17, 15) is 9.18 Å². The number of hydrogen-bond acceptors (Lipinski definition) is 4. The highest BCUT2D eigenvalue weighted by Crippen LogP contribution is 2.41. The topological polar surface area (TPSA) is 54.7 Å². The molecule has 2 aromatic rings. The van der Waals surface area contributed by atoms with Crippen molar-refractivity contribution in [1.82, 2.24) is 10.2 Å². The van der Waals surface area contributed by atoms with Crippen LogP contribution in [-0.4, -0.2) is 43.7 Å². The number of ether oxygens (including phenoxy) is 1. The van der Waals surface area contributed by atoms with E-state index >= 15 is 0 Å². The first-order valence-corrected chi connectivity index (χ1v) is 10.5. The van der Waals surface area contributed by atoms with Crippen LogP contribution < -0.4 is 5.32 Å². The van der Waals surface area contributed by atoms with Crippen molar-refractivity contribution in [2.75, 3.05) is 32.8 Å². The van der Waals surface area contributed by atoms with Crippen LogP contribution in [-0.2, 0) is 10.2 Å². The van der Waals surface area contributed by atoms with Crippen molar-refractivity contribution in [3.8, 4) is 0 Å². The number of halogens is 1. The normalized spacial score (nSPS) is 20.5. The van der Waals surface area contributed by atoms with Gasteiger partial charge in [-0.3, -0.25) is 9.69 Å². The lowest BCUT2D eigenvalue weighted by atomic mass is 9.78. The molecule has 2 fully saturated rings. The van der Waals surface area contributed by atoms with Crippen LogP contribution >= 0.6 is 0 Å². The second-order valence-corrected chi connectivity index (χ2v) is 8.18. The highest BCUT2D eigenvalue weighted by Gasteiger charge is 2.38. The first-order valence-electron chi connectivity index (χ1n) is 10.5. The number of rotatable bonds is 6. The standard InChI is InChI=1S/C23H29FN2O3/c1-17(26-12-14-28-15-13-26)20-8-9-21(29-20)22(27)25-16-23(10-4-5-11-23)18-6-2-3-7-19(18)24/h2-3,6-9,17H,4-5,10-16H2,1H3,(H,25,27)/t17-/m0/s1. The van der Waals surface area contributed by atoms with Gasteiger partial charge in [0.2, 0.25) is 0 Å². The van der Waals surface area contributed by atoms with Crippen molar-refractivity contribution in [1.29, 1.82) is 0 Å². The summed E-state index contributed by atoms with van der Waals surface area (Å²) in [5, 5.41) is 3.01. The Morgan fingerprint density at radius 3 is 2.62 bits per heavy atom. The second-order valence-electron chi connectivity index (χ2n) is 8.18. The van der Waals surface area contributed by atoms with E-state index < -0.39 is 0 Å². The third kappa shape index (κ3) is 4.23. The molecule has 1 aromatic carbocycles. The highest BCUT2D eigenvalue weighted by molar-refractivity contribution is 5.91. The molecule has 5 nitrogen and oxygen atoms in total. The fourth-order valence-corrected chi connectivity index (χ4v) is 4.67. The molecule has 1 aliphatic heterocycles. The minimum atomic E-state index is -0.336. The summed E-state index contributed by atoms with van der Waals surface area (Å²) in [6.45, 7) is 5.65. The number of carbonyl (C=O) groups excluding carboxylic acids is 1. The summed E-state index contributed by atoms with van der Waals surface area (Å²) in [6, 6.07) is 10.6. The maximum atomic E-state index is 14.5. The zero-order valence-corrected chi connectivity index (χ0v) is 17.0. The Morgan fingerprint density at radius 2 is 1.90 bits per heavy atom. The minimum Gasteiger partial charge on any atom is -0.454 e. The summed E-state index contributed by atoms with van der Waals surface area (Å²) in [7, 11) is 0. The van der Waals surface area contributed by atoms with Crippen LogP contribution in [0.2, 0.25) is 0 Å². The Balaban J connectivity index is 1.43. The number of nitrogens with zero attached hydrogens (tertiary/aromatic N) is 1. The summed E-state index contributed by atoms with van der Waals surface area (Å²) in [5.74, 6) is 0.653. The Labute approximate surface area is 171 Å². The Hall–Kier alpha value is -2.18. The number of morpholine rings is 1. The molecule has 1 atom stereocenters. The van der Waals surface area contributed by atoms with Crippen LogP contribution in [0.1, 0.15) is 60.5 Å². The smallest absolute Gasteiger partial charge is 0.287 e. The van der Waals surface area contributed by atoms with Crippen molar-refractivity contribution in [3.05, 3.63) is 59.3 Å². The van der Waals surface area contributed by atoms with E-state index in [1.54, 1.807) is 12.1 Å². The van der Waals surface area contributed by atoms with E-state index in [1.807, 2.05) is 18.2 Å². The number of hydrogen-bond donors (Lipinski definition) is 1. The average molecular weight is 400 g/mol. The van der Waals surface area contributed by atoms with Gasteiger partial charge in [-0.05, 0) is 43.5 Å². The molecule has 1 aliphatic carbocycles. The molecule has 1 saturated heterocycles. The SMILES string of the molecule is C[C@@H](c1ccc(C(=O)NCC2(c3ccccc3F)CCCC2)o1)N1CCOCC1. The summed E-state index contributed by atoms with van der Waals surface area (Å²) in [4.78, 5) is 15.0. The second kappa shape index (κ2) is 8.67. The average Bonchev–Trinajstić information content (AvgIpc) is 3.43. The highest BCUT2D eigenvalue weighted by atomic mass is 19.1. The molecular weight excluding hydrogens is 371 g/mol. The Morgan fingerprint density at radius 1 is 1.17 bits per heavy atom. The molecule has 29 heavy (non-hydrogen) atoms. The molecule has 2 aliphatic rings. The van der Waals surface area contributed by atoms with Crippen LogP contribution in [0.25, 0.3) is 0 Å². The van der Waals surface area contributed by atoms with Crippen molar-refractivity contribution >= 4 is 5.91 Å². The zero-order chi connectivity index (χ0) is 20.3. The number of amides is 1. The summed E-state index contributed by atoms with van der Waals surface area (Å²) < 4.78 is 25.7. The fourth-order valence-electron chi connectivity index (χ4n) is 4.67. The van der Waals surface area contributed by atoms with E-state index in [-0.39, 0.29) is 23.2 Å². The van der Waals surface area contributed by atoms with E-state index in [2.05, 4.69) is 17.1 Å². The molecule has 0 bridgehead atoms.